The molecule has 2 rings (SSSR count). The number of hydrogen-bond donors (Lipinski definition) is 2. The highest BCUT2D eigenvalue weighted by atomic mass is 79.9. The molecule has 0 bridgehead atoms. The van der Waals surface area contributed by atoms with Gasteiger partial charge in [0.1, 0.15) is 11.8 Å². The lowest BCUT2D eigenvalue weighted by molar-refractivity contribution is -0.129. The average Bonchev–Trinajstić information content (AvgIpc) is 2.61. The molecule has 25 heavy (non-hydrogen) atoms. The average molecular weight is 405 g/mol. The number of carbonyl (C=O) groups is 2. The van der Waals surface area contributed by atoms with E-state index >= 15 is 0 Å². The van der Waals surface area contributed by atoms with Gasteiger partial charge in [-0.15, -0.1) is 0 Å². The molecule has 0 aliphatic heterocycles. The molecule has 0 saturated carbocycles. The molecule has 0 spiro atoms. The highest BCUT2D eigenvalue weighted by Crippen LogP contribution is 2.24. The van der Waals surface area contributed by atoms with Crippen molar-refractivity contribution in [3.63, 3.8) is 0 Å². The van der Waals surface area contributed by atoms with Crippen molar-refractivity contribution in [3.05, 3.63) is 53.0 Å². The third kappa shape index (κ3) is 5.90. The van der Waals surface area contributed by atoms with Gasteiger partial charge in [-0.25, -0.2) is 0 Å². The van der Waals surface area contributed by atoms with E-state index in [2.05, 4.69) is 26.6 Å². The van der Waals surface area contributed by atoms with Crippen molar-refractivity contribution >= 4 is 27.7 Å². The summed E-state index contributed by atoms with van der Waals surface area (Å²) in [6.45, 7) is 3.85. The Bertz CT molecular complexity index is 714. The van der Waals surface area contributed by atoms with Crippen LogP contribution in [-0.4, -0.2) is 31.0 Å². The number of rotatable bonds is 7. The van der Waals surface area contributed by atoms with Crippen LogP contribution >= 0.6 is 15.9 Å². The monoisotopic (exact) mass is 404 g/mol. The smallest absolute Gasteiger partial charge is 0.258 e. The fraction of sp³-hybridized carbons (Fsp3) is 0.263. The second-order valence-electron chi connectivity index (χ2n) is 5.50. The van der Waals surface area contributed by atoms with Crippen molar-refractivity contribution in [1.29, 1.82) is 0 Å². The van der Waals surface area contributed by atoms with Gasteiger partial charge < -0.3 is 15.4 Å². The molecule has 0 heterocycles. The van der Waals surface area contributed by atoms with E-state index in [1.54, 1.807) is 6.92 Å². The zero-order valence-corrected chi connectivity index (χ0v) is 15.8. The number of amides is 2. The first-order valence-corrected chi connectivity index (χ1v) is 8.84. The maximum atomic E-state index is 11.8. The van der Waals surface area contributed by atoms with E-state index in [9.17, 15) is 9.59 Å². The van der Waals surface area contributed by atoms with Gasteiger partial charge in [-0.1, -0.05) is 40.2 Å². The van der Waals surface area contributed by atoms with Crippen LogP contribution in [0.15, 0.2) is 53.0 Å². The number of nitrogens with one attached hydrogen (secondary N) is 2. The minimum atomic E-state index is -0.587. The molecule has 0 unspecified atom stereocenters. The molecule has 2 N–H and O–H groups in total. The summed E-state index contributed by atoms with van der Waals surface area (Å²) in [5, 5.41) is 5.25. The van der Waals surface area contributed by atoms with Gasteiger partial charge in [-0.05, 0) is 49.2 Å². The van der Waals surface area contributed by atoms with Gasteiger partial charge in [-0.2, -0.15) is 0 Å². The summed E-state index contributed by atoms with van der Waals surface area (Å²) in [5.74, 6) is 0.0483. The first-order chi connectivity index (χ1) is 12.0. The number of halogens is 1. The topological polar surface area (TPSA) is 67.4 Å². The Hall–Kier alpha value is -2.34. The number of ether oxygens (including phenoxy) is 1. The minimum Gasteiger partial charge on any atom is -0.484 e. The van der Waals surface area contributed by atoms with Gasteiger partial charge >= 0.3 is 0 Å². The van der Waals surface area contributed by atoms with Gasteiger partial charge in [0.25, 0.3) is 5.91 Å². The van der Waals surface area contributed by atoms with E-state index < -0.39 is 6.04 Å². The zero-order valence-electron chi connectivity index (χ0n) is 14.2. The van der Waals surface area contributed by atoms with Crippen LogP contribution < -0.4 is 15.4 Å². The maximum absolute atomic E-state index is 11.8. The molecular formula is C19H21BrN2O3. The van der Waals surface area contributed by atoms with E-state index in [-0.39, 0.29) is 18.4 Å². The lowest BCUT2D eigenvalue weighted by Gasteiger charge is -2.13. The van der Waals surface area contributed by atoms with Gasteiger partial charge in [0.2, 0.25) is 5.91 Å². The Labute approximate surface area is 155 Å². The van der Waals surface area contributed by atoms with Crippen LogP contribution in [0.5, 0.6) is 5.75 Å². The highest BCUT2D eigenvalue weighted by Gasteiger charge is 2.14. The van der Waals surface area contributed by atoms with Crippen molar-refractivity contribution in [2.75, 3.05) is 13.2 Å². The summed E-state index contributed by atoms with van der Waals surface area (Å²) in [6, 6.07) is 14.9. The van der Waals surface area contributed by atoms with Gasteiger partial charge in [0.15, 0.2) is 6.61 Å². The molecule has 0 aliphatic carbocycles. The van der Waals surface area contributed by atoms with Crippen LogP contribution in [0.25, 0.3) is 11.1 Å². The largest absolute Gasteiger partial charge is 0.484 e. The molecule has 0 aromatic heterocycles. The quantitative estimate of drug-likeness (QED) is 0.744. The molecule has 2 amide bonds. The molecule has 0 fully saturated rings. The van der Waals surface area contributed by atoms with Gasteiger partial charge in [0.05, 0.1) is 0 Å². The fourth-order valence-electron chi connectivity index (χ4n) is 2.21. The summed E-state index contributed by atoms with van der Waals surface area (Å²) in [7, 11) is 0. The van der Waals surface area contributed by atoms with Gasteiger partial charge in [-0.3, -0.25) is 9.59 Å². The van der Waals surface area contributed by atoms with Crippen LogP contribution in [0.4, 0.5) is 0 Å². The Morgan fingerprint density at radius 2 is 1.60 bits per heavy atom. The second kappa shape index (κ2) is 9.22. The highest BCUT2D eigenvalue weighted by molar-refractivity contribution is 9.10. The molecule has 0 radical (unpaired) electrons. The van der Waals surface area contributed by atoms with Crippen molar-refractivity contribution < 1.29 is 14.3 Å². The third-order valence-electron chi connectivity index (χ3n) is 3.52. The summed E-state index contributed by atoms with van der Waals surface area (Å²) in [5.41, 5.74) is 2.16. The predicted molar refractivity (Wildman–Crippen MR) is 101 cm³/mol. The molecule has 6 heteroatoms. The number of hydrogen-bond acceptors (Lipinski definition) is 3. The van der Waals surface area contributed by atoms with Gasteiger partial charge in [0, 0.05) is 11.0 Å². The van der Waals surface area contributed by atoms with E-state index in [0.717, 1.165) is 15.6 Å². The van der Waals surface area contributed by atoms with Crippen molar-refractivity contribution in [1.82, 2.24) is 10.6 Å². The van der Waals surface area contributed by atoms with E-state index in [1.165, 1.54) is 0 Å². The lowest BCUT2D eigenvalue weighted by atomic mass is 10.1. The summed E-state index contributed by atoms with van der Waals surface area (Å²) >= 11 is 3.42. The van der Waals surface area contributed by atoms with Crippen LogP contribution in [0.1, 0.15) is 13.8 Å². The molecule has 132 valence electrons. The second-order valence-corrected chi connectivity index (χ2v) is 6.42. The van der Waals surface area contributed by atoms with Crippen molar-refractivity contribution in [2.24, 2.45) is 0 Å². The molecule has 2 aromatic carbocycles. The number of benzene rings is 2. The fourth-order valence-corrected chi connectivity index (χ4v) is 2.48. The minimum absolute atomic E-state index is 0.138. The summed E-state index contributed by atoms with van der Waals surface area (Å²) in [4.78, 5) is 23.4. The summed E-state index contributed by atoms with van der Waals surface area (Å²) < 4.78 is 6.50. The Morgan fingerprint density at radius 3 is 2.16 bits per heavy atom. The van der Waals surface area contributed by atoms with Crippen LogP contribution in [-0.2, 0) is 9.59 Å². The van der Waals surface area contributed by atoms with Crippen LogP contribution in [0.3, 0.4) is 0 Å². The first kappa shape index (κ1) is 19.0. The molecule has 0 aliphatic rings. The van der Waals surface area contributed by atoms with E-state index in [4.69, 9.17) is 4.74 Å². The number of likely N-dealkylation sites (N-methyl/N-ethyl adjacent to an activating group) is 1. The van der Waals surface area contributed by atoms with E-state index in [0.29, 0.717) is 12.3 Å². The SMILES string of the molecule is CCNC(=O)[C@@H](C)NC(=O)COc1ccc(-c2ccc(Br)cc2)cc1. The lowest BCUT2D eigenvalue weighted by Crippen LogP contribution is -2.46. The molecule has 1 atom stereocenters. The standard InChI is InChI=1S/C19H21BrN2O3/c1-3-21-19(24)13(2)22-18(23)12-25-17-10-6-15(7-11-17)14-4-8-16(20)9-5-14/h4-11,13H,3,12H2,1-2H3,(H,21,24)(H,22,23)/t13-/m1/s1. The third-order valence-corrected chi connectivity index (χ3v) is 4.05. The zero-order chi connectivity index (χ0) is 18.2. The predicted octanol–water partition coefficient (Wildman–Crippen LogP) is 3.14. The van der Waals surface area contributed by atoms with Crippen molar-refractivity contribution in [2.45, 2.75) is 19.9 Å². The Balaban J connectivity index is 1.86. The summed E-state index contributed by atoms with van der Waals surface area (Å²) in [6.07, 6.45) is 0. The maximum Gasteiger partial charge on any atom is 0.258 e. The Morgan fingerprint density at radius 1 is 1.04 bits per heavy atom. The molecule has 0 saturated heterocycles. The molecule has 5 nitrogen and oxygen atoms in total. The number of carbonyl (C=O) groups excluding carboxylic acids is 2. The van der Waals surface area contributed by atoms with Crippen LogP contribution in [0, 0.1) is 0 Å². The first-order valence-electron chi connectivity index (χ1n) is 8.05. The van der Waals surface area contributed by atoms with Crippen LogP contribution in [0.2, 0.25) is 0 Å². The van der Waals surface area contributed by atoms with E-state index in [1.807, 2.05) is 55.5 Å². The normalized spacial score (nSPS) is 11.5. The Kier molecular flexibility index (Phi) is 7.01. The molecular weight excluding hydrogens is 384 g/mol. The molecule has 2 aromatic rings. The van der Waals surface area contributed by atoms with Crippen molar-refractivity contribution in [3.8, 4) is 16.9 Å².